The van der Waals surface area contributed by atoms with Gasteiger partial charge in [0.2, 0.25) is 0 Å². The molecule has 0 unspecified atom stereocenters. The molecule has 0 aliphatic carbocycles. The van der Waals surface area contributed by atoms with Gasteiger partial charge in [0.1, 0.15) is 15.5 Å². The van der Waals surface area contributed by atoms with E-state index in [9.17, 15) is 14.7 Å². The molecule has 7 heteroatoms. The molecule has 4 rings (SSSR count). The largest absolute Gasteiger partial charge is 0.506 e. The molecule has 2 aromatic carbocycles. The fourth-order valence-corrected chi connectivity index (χ4v) is 4.04. The fraction of sp³-hybridized carbons (Fsp3) is 0. The number of hydrogen-bond acceptors (Lipinski definition) is 5. The molecule has 0 aliphatic rings. The predicted octanol–water partition coefficient (Wildman–Crippen LogP) is 3.60. The minimum Gasteiger partial charge on any atom is -0.506 e. The Hall–Kier alpha value is -3.58. The zero-order valence-electron chi connectivity index (χ0n) is 14.0. The smallest absolute Gasteiger partial charge is 0.261 e. The van der Waals surface area contributed by atoms with Crippen LogP contribution in [-0.4, -0.2) is 15.6 Å². The number of thiophene rings is 1. The number of nitrogens with zero attached hydrogens (tertiary/aromatic N) is 1. The van der Waals surface area contributed by atoms with Gasteiger partial charge in [-0.2, -0.15) is 0 Å². The number of benzene rings is 2. The number of nitrogens with one attached hydrogen (secondary N) is 1. The average Bonchev–Trinajstić information content (AvgIpc) is 3.03. The molecule has 0 aliphatic heterocycles. The average molecular weight is 377 g/mol. The summed E-state index contributed by atoms with van der Waals surface area (Å²) in [6, 6.07) is 19.0. The summed E-state index contributed by atoms with van der Waals surface area (Å²) in [5, 5.41) is 13.8. The molecule has 0 bridgehead atoms. The molecule has 0 fully saturated rings. The van der Waals surface area contributed by atoms with Crippen molar-refractivity contribution in [3.63, 3.8) is 0 Å². The number of primary amides is 1. The second-order valence-corrected chi connectivity index (χ2v) is 6.87. The summed E-state index contributed by atoms with van der Waals surface area (Å²) in [5.41, 5.74) is 6.97. The third kappa shape index (κ3) is 2.94. The molecular formula is C20H15N3O3S. The van der Waals surface area contributed by atoms with E-state index in [0.717, 1.165) is 11.3 Å². The molecule has 0 saturated heterocycles. The SMILES string of the molecule is NC(=O)c1sc2c(ccc(=O)n2-c2ccccc2)c1Nc1ccccc1O. The normalized spacial score (nSPS) is 10.8. The van der Waals surface area contributed by atoms with Gasteiger partial charge < -0.3 is 16.2 Å². The summed E-state index contributed by atoms with van der Waals surface area (Å²) in [4.78, 5) is 25.5. The Bertz CT molecular complexity index is 1210. The number of fused-ring (bicyclic) bond motifs is 1. The van der Waals surface area contributed by atoms with Crippen LogP contribution in [0.25, 0.3) is 15.9 Å². The van der Waals surface area contributed by atoms with E-state index >= 15 is 0 Å². The number of rotatable bonds is 4. The molecule has 0 spiro atoms. The second-order valence-electron chi connectivity index (χ2n) is 5.87. The molecule has 4 N–H and O–H groups in total. The van der Waals surface area contributed by atoms with E-state index in [-0.39, 0.29) is 16.2 Å². The molecule has 0 saturated carbocycles. The molecule has 0 atom stereocenters. The van der Waals surface area contributed by atoms with Crippen LogP contribution in [0.1, 0.15) is 9.67 Å². The van der Waals surface area contributed by atoms with Crippen molar-refractivity contribution in [1.29, 1.82) is 0 Å². The van der Waals surface area contributed by atoms with E-state index < -0.39 is 5.91 Å². The van der Waals surface area contributed by atoms with Gasteiger partial charge in [-0.25, -0.2) is 0 Å². The first-order valence-electron chi connectivity index (χ1n) is 8.15. The van der Waals surface area contributed by atoms with Crippen molar-refractivity contribution in [1.82, 2.24) is 4.57 Å². The number of amides is 1. The van der Waals surface area contributed by atoms with Gasteiger partial charge in [-0.3, -0.25) is 14.2 Å². The highest BCUT2D eigenvalue weighted by atomic mass is 32.1. The van der Waals surface area contributed by atoms with Crippen molar-refractivity contribution < 1.29 is 9.90 Å². The Labute approximate surface area is 158 Å². The highest BCUT2D eigenvalue weighted by molar-refractivity contribution is 7.21. The number of pyridine rings is 1. The van der Waals surface area contributed by atoms with Crippen molar-refractivity contribution in [2.24, 2.45) is 5.73 Å². The van der Waals surface area contributed by atoms with Crippen molar-refractivity contribution >= 4 is 38.8 Å². The van der Waals surface area contributed by atoms with Crippen LogP contribution in [0.15, 0.2) is 71.5 Å². The number of phenols is 1. The van der Waals surface area contributed by atoms with E-state index in [4.69, 9.17) is 5.73 Å². The topological polar surface area (TPSA) is 97.4 Å². The maximum absolute atomic E-state index is 12.5. The number of carbonyl (C=O) groups excluding carboxylic acids is 1. The third-order valence-corrected chi connectivity index (χ3v) is 5.35. The molecule has 2 heterocycles. The van der Waals surface area contributed by atoms with Crippen LogP contribution in [0, 0.1) is 0 Å². The van der Waals surface area contributed by atoms with Crippen LogP contribution in [-0.2, 0) is 0 Å². The molecule has 134 valence electrons. The van der Waals surface area contributed by atoms with Gasteiger partial charge in [0, 0.05) is 11.5 Å². The maximum atomic E-state index is 12.5. The van der Waals surface area contributed by atoms with Crippen LogP contribution in [0.2, 0.25) is 0 Å². The summed E-state index contributed by atoms with van der Waals surface area (Å²) in [6.07, 6.45) is 0. The lowest BCUT2D eigenvalue weighted by Gasteiger charge is -2.10. The van der Waals surface area contributed by atoms with Gasteiger partial charge in [0.25, 0.3) is 11.5 Å². The number of anilines is 2. The van der Waals surface area contributed by atoms with Gasteiger partial charge >= 0.3 is 0 Å². The van der Waals surface area contributed by atoms with Crippen LogP contribution >= 0.6 is 11.3 Å². The molecule has 27 heavy (non-hydrogen) atoms. The Morgan fingerprint density at radius 1 is 1.00 bits per heavy atom. The lowest BCUT2D eigenvalue weighted by Crippen LogP contribution is -2.16. The van der Waals surface area contributed by atoms with Gasteiger partial charge in [0.05, 0.1) is 17.1 Å². The summed E-state index contributed by atoms with van der Waals surface area (Å²) in [6.45, 7) is 0. The van der Waals surface area contributed by atoms with E-state index in [0.29, 0.717) is 27.3 Å². The highest BCUT2D eigenvalue weighted by Gasteiger charge is 2.20. The zero-order valence-corrected chi connectivity index (χ0v) is 14.9. The number of phenolic OH excluding ortho intramolecular Hbond substituents is 1. The number of carbonyl (C=O) groups is 1. The number of para-hydroxylation sites is 3. The summed E-state index contributed by atoms with van der Waals surface area (Å²) >= 11 is 1.14. The summed E-state index contributed by atoms with van der Waals surface area (Å²) in [5.74, 6) is -0.565. The zero-order chi connectivity index (χ0) is 19.0. The molecule has 6 nitrogen and oxygen atoms in total. The maximum Gasteiger partial charge on any atom is 0.261 e. The van der Waals surface area contributed by atoms with Gasteiger partial charge in [-0.05, 0) is 30.3 Å². The van der Waals surface area contributed by atoms with Crippen LogP contribution < -0.4 is 16.6 Å². The van der Waals surface area contributed by atoms with Gasteiger partial charge in [-0.15, -0.1) is 11.3 Å². The van der Waals surface area contributed by atoms with Crippen LogP contribution in [0.4, 0.5) is 11.4 Å². The minimum absolute atomic E-state index is 0.0450. The number of aromatic hydroxyl groups is 1. The summed E-state index contributed by atoms with van der Waals surface area (Å²) in [7, 11) is 0. The van der Waals surface area contributed by atoms with Gasteiger partial charge in [-0.1, -0.05) is 30.3 Å². The standard InChI is InChI=1S/C20H15N3O3S/c21-19(26)18-17(22-14-8-4-5-9-15(14)24)13-10-11-16(25)23(20(13)27-18)12-6-2-1-3-7-12/h1-11,22,24H,(H2,21,26). The quantitative estimate of drug-likeness (QED) is 0.473. The van der Waals surface area contributed by atoms with E-state index in [2.05, 4.69) is 5.32 Å². The Morgan fingerprint density at radius 3 is 2.41 bits per heavy atom. The minimum atomic E-state index is -0.610. The Morgan fingerprint density at radius 2 is 1.70 bits per heavy atom. The van der Waals surface area contributed by atoms with E-state index in [1.165, 1.54) is 6.07 Å². The molecule has 1 amide bonds. The molecular weight excluding hydrogens is 362 g/mol. The van der Waals surface area contributed by atoms with Crippen LogP contribution in [0.5, 0.6) is 5.75 Å². The van der Waals surface area contributed by atoms with Gasteiger partial charge in [0.15, 0.2) is 0 Å². The lowest BCUT2D eigenvalue weighted by molar-refractivity contribution is 0.100. The number of nitrogens with two attached hydrogens (primary N) is 1. The van der Waals surface area contributed by atoms with Crippen molar-refractivity contribution in [3.05, 3.63) is 82.0 Å². The summed E-state index contributed by atoms with van der Waals surface area (Å²) < 4.78 is 1.54. The third-order valence-electron chi connectivity index (χ3n) is 4.14. The predicted molar refractivity (Wildman–Crippen MR) is 107 cm³/mol. The van der Waals surface area contributed by atoms with Crippen LogP contribution in [0.3, 0.4) is 0 Å². The first kappa shape index (κ1) is 16.9. The highest BCUT2D eigenvalue weighted by Crippen LogP contribution is 2.39. The molecule has 2 aromatic heterocycles. The first-order valence-corrected chi connectivity index (χ1v) is 8.96. The van der Waals surface area contributed by atoms with Crippen molar-refractivity contribution in [3.8, 4) is 11.4 Å². The van der Waals surface area contributed by atoms with E-state index in [1.54, 1.807) is 34.9 Å². The Balaban J connectivity index is 1.99. The lowest BCUT2D eigenvalue weighted by atomic mass is 10.2. The van der Waals surface area contributed by atoms with Crippen molar-refractivity contribution in [2.75, 3.05) is 5.32 Å². The number of hydrogen-bond donors (Lipinski definition) is 3. The number of aromatic nitrogens is 1. The van der Waals surface area contributed by atoms with E-state index in [1.807, 2.05) is 30.3 Å². The second kappa shape index (κ2) is 6.62. The van der Waals surface area contributed by atoms with Crippen molar-refractivity contribution in [2.45, 2.75) is 0 Å². The Kier molecular flexibility index (Phi) is 4.13. The monoisotopic (exact) mass is 377 g/mol. The molecule has 4 aromatic rings. The first-order chi connectivity index (χ1) is 13.1. The molecule has 0 radical (unpaired) electrons. The fourth-order valence-electron chi connectivity index (χ4n) is 2.92.